The topological polar surface area (TPSA) is 21.7 Å². The molecule has 1 aromatic carbocycles. The second-order valence-corrected chi connectivity index (χ2v) is 5.75. The Hall–Kier alpha value is -0.770. The molecule has 0 radical (unpaired) electrons. The molecule has 104 valence electrons. The molecule has 2 saturated heterocycles. The van der Waals surface area contributed by atoms with Crippen LogP contribution in [0.5, 0.6) is 5.75 Å². The fourth-order valence-electron chi connectivity index (χ4n) is 2.37. The van der Waals surface area contributed by atoms with Crippen LogP contribution < -0.4 is 4.74 Å². The first-order chi connectivity index (χ1) is 9.31. The summed E-state index contributed by atoms with van der Waals surface area (Å²) in [4.78, 5) is 2.50. The van der Waals surface area contributed by atoms with Crippen LogP contribution in [-0.2, 0) is 11.2 Å². The standard InChI is InChI=1S/C15H20ClNO2/c16-14-9-12(3-1-6-17-7-2-8-17)4-5-15(14)19-13-10-18-11-13/h4-5,9,13H,1-3,6-8,10-11H2. The zero-order valence-corrected chi connectivity index (χ0v) is 11.9. The SMILES string of the molecule is Clc1cc(CCCN2CCC2)ccc1OC1COC1. The zero-order valence-electron chi connectivity index (χ0n) is 11.1. The van der Waals surface area contributed by atoms with Gasteiger partial charge in [-0.15, -0.1) is 0 Å². The summed E-state index contributed by atoms with van der Waals surface area (Å²) >= 11 is 6.26. The fourth-order valence-corrected chi connectivity index (χ4v) is 2.62. The molecule has 0 unspecified atom stereocenters. The molecular weight excluding hydrogens is 262 g/mol. The van der Waals surface area contributed by atoms with Crippen LogP contribution in [0.25, 0.3) is 0 Å². The second-order valence-electron chi connectivity index (χ2n) is 5.34. The van der Waals surface area contributed by atoms with Gasteiger partial charge in [-0.05, 0) is 56.6 Å². The van der Waals surface area contributed by atoms with E-state index in [1.807, 2.05) is 12.1 Å². The lowest BCUT2D eigenvalue weighted by Crippen LogP contribution is -2.38. The van der Waals surface area contributed by atoms with Gasteiger partial charge in [0.2, 0.25) is 0 Å². The summed E-state index contributed by atoms with van der Waals surface area (Å²) in [5.74, 6) is 0.779. The number of hydrogen-bond donors (Lipinski definition) is 0. The van der Waals surface area contributed by atoms with Gasteiger partial charge in [0, 0.05) is 0 Å². The zero-order chi connectivity index (χ0) is 13.1. The highest BCUT2D eigenvalue weighted by atomic mass is 35.5. The summed E-state index contributed by atoms with van der Waals surface area (Å²) in [5, 5.41) is 0.716. The molecule has 0 saturated carbocycles. The lowest BCUT2D eigenvalue weighted by atomic mass is 10.1. The number of likely N-dealkylation sites (tertiary alicyclic amines) is 1. The van der Waals surface area contributed by atoms with Crippen LogP contribution in [0, 0.1) is 0 Å². The van der Waals surface area contributed by atoms with Crippen molar-refractivity contribution in [2.75, 3.05) is 32.8 Å². The molecular formula is C15H20ClNO2. The highest BCUT2D eigenvalue weighted by Gasteiger charge is 2.21. The Morgan fingerprint density at radius 1 is 1.32 bits per heavy atom. The molecule has 1 aromatic rings. The number of hydrogen-bond acceptors (Lipinski definition) is 3. The molecule has 2 aliphatic heterocycles. The average Bonchev–Trinajstić information content (AvgIpc) is 2.29. The Labute approximate surface area is 119 Å². The minimum Gasteiger partial charge on any atom is -0.484 e. The van der Waals surface area contributed by atoms with Gasteiger partial charge in [0.1, 0.15) is 11.9 Å². The van der Waals surface area contributed by atoms with E-state index in [-0.39, 0.29) is 6.10 Å². The summed E-state index contributed by atoms with van der Waals surface area (Å²) in [6.07, 6.45) is 3.83. The lowest BCUT2D eigenvalue weighted by Gasteiger charge is -2.30. The molecule has 0 atom stereocenters. The third-order valence-electron chi connectivity index (χ3n) is 3.79. The number of nitrogens with zero attached hydrogens (tertiary/aromatic N) is 1. The molecule has 0 amide bonds. The number of aryl methyl sites for hydroxylation is 1. The summed E-state index contributed by atoms with van der Waals surface area (Å²) in [7, 11) is 0. The normalized spacial score (nSPS) is 19.8. The molecule has 0 spiro atoms. The van der Waals surface area contributed by atoms with Crippen LogP contribution in [0.15, 0.2) is 18.2 Å². The van der Waals surface area contributed by atoms with Gasteiger partial charge in [-0.3, -0.25) is 0 Å². The van der Waals surface area contributed by atoms with Crippen molar-refractivity contribution in [1.29, 1.82) is 0 Å². The third-order valence-corrected chi connectivity index (χ3v) is 4.08. The minimum absolute atomic E-state index is 0.176. The molecule has 0 N–H and O–H groups in total. The van der Waals surface area contributed by atoms with E-state index < -0.39 is 0 Å². The van der Waals surface area contributed by atoms with Crippen LogP contribution in [0.3, 0.4) is 0 Å². The van der Waals surface area contributed by atoms with Crippen molar-refractivity contribution in [2.24, 2.45) is 0 Å². The second kappa shape index (κ2) is 6.12. The highest BCUT2D eigenvalue weighted by Crippen LogP contribution is 2.28. The Balaban J connectivity index is 1.49. The molecule has 3 nitrogen and oxygen atoms in total. The van der Waals surface area contributed by atoms with E-state index >= 15 is 0 Å². The van der Waals surface area contributed by atoms with Crippen molar-refractivity contribution in [3.8, 4) is 5.75 Å². The van der Waals surface area contributed by atoms with Crippen LogP contribution in [-0.4, -0.2) is 43.9 Å². The first kappa shape index (κ1) is 13.2. The molecule has 2 aliphatic rings. The van der Waals surface area contributed by atoms with Gasteiger partial charge < -0.3 is 14.4 Å². The number of rotatable bonds is 6. The molecule has 2 fully saturated rings. The molecule has 3 rings (SSSR count). The van der Waals surface area contributed by atoms with Gasteiger partial charge in [-0.1, -0.05) is 17.7 Å². The van der Waals surface area contributed by atoms with E-state index in [4.69, 9.17) is 21.1 Å². The van der Waals surface area contributed by atoms with Crippen LogP contribution >= 0.6 is 11.6 Å². The van der Waals surface area contributed by atoms with Crippen LogP contribution in [0.1, 0.15) is 18.4 Å². The first-order valence-corrected chi connectivity index (χ1v) is 7.44. The molecule has 0 aliphatic carbocycles. The molecule has 4 heteroatoms. The molecule has 0 bridgehead atoms. The summed E-state index contributed by atoms with van der Waals surface area (Å²) in [6, 6.07) is 6.14. The van der Waals surface area contributed by atoms with Crippen molar-refractivity contribution in [3.63, 3.8) is 0 Å². The number of benzene rings is 1. The predicted molar refractivity (Wildman–Crippen MR) is 76.1 cm³/mol. The smallest absolute Gasteiger partial charge is 0.145 e. The Bertz CT molecular complexity index is 430. The van der Waals surface area contributed by atoms with Gasteiger partial charge in [-0.2, -0.15) is 0 Å². The van der Waals surface area contributed by atoms with Crippen molar-refractivity contribution in [1.82, 2.24) is 4.90 Å². The van der Waals surface area contributed by atoms with Crippen LogP contribution in [0.2, 0.25) is 5.02 Å². The van der Waals surface area contributed by atoms with E-state index in [9.17, 15) is 0 Å². The maximum atomic E-state index is 6.26. The Kier molecular flexibility index (Phi) is 4.26. The van der Waals surface area contributed by atoms with E-state index in [0.717, 1.165) is 12.2 Å². The van der Waals surface area contributed by atoms with Crippen molar-refractivity contribution >= 4 is 11.6 Å². The predicted octanol–water partition coefficient (Wildman–Crippen LogP) is 2.76. The first-order valence-electron chi connectivity index (χ1n) is 7.06. The van der Waals surface area contributed by atoms with Gasteiger partial charge in [0.05, 0.1) is 18.2 Å². The summed E-state index contributed by atoms with van der Waals surface area (Å²) < 4.78 is 10.8. The van der Waals surface area contributed by atoms with Gasteiger partial charge in [-0.25, -0.2) is 0 Å². The van der Waals surface area contributed by atoms with Crippen molar-refractivity contribution in [2.45, 2.75) is 25.4 Å². The number of ether oxygens (including phenoxy) is 2. The lowest BCUT2D eigenvalue weighted by molar-refractivity contribution is -0.0796. The monoisotopic (exact) mass is 281 g/mol. The molecule has 0 aromatic heterocycles. The Morgan fingerprint density at radius 2 is 2.16 bits per heavy atom. The maximum absolute atomic E-state index is 6.26. The third kappa shape index (κ3) is 3.41. The van der Waals surface area contributed by atoms with Gasteiger partial charge in [0.15, 0.2) is 0 Å². The fraction of sp³-hybridized carbons (Fsp3) is 0.600. The van der Waals surface area contributed by atoms with E-state index in [1.165, 1.54) is 38.0 Å². The highest BCUT2D eigenvalue weighted by molar-refractivity contribution is 6.32. The van der Waals surface area contributed by atoms with E-state index in [0.29, 0.717) is 18.2 Å². The van der Waals surface area contributed by atoms with Crippen LogP contribution in [0.4, 0.5) is 0 Å². The largest absolute Gasteiger partial charge is 0.484 e. The maximum Gasteiger partial charge on any atom is 0.145 e. The van der Waals surface area contributed by atoms with Gasteiger partial charge >= 0.3 is 0 Å². The Morgan fingerprint density at radius 3 is 2.74 bits per heavy atom. The van der Waals surface area contributed by atoms with Gasteiger partial charge in [0.25, 0.3) is 0 Å². The summed E-state index contributed by atoms with van der Waals surface area (Å²) in [5.41, 5.74) is 1.29. The van der Waals surface area contributed by atoms with E-state index in [2.05, 4.69) is 11.0 Å². The van der Waals surface area contributed by atoms with E-state index in [1.54, 1.807) is 0 Å². The average molecular weight is 282 g/mol. The minimum atomic E-state index is 0.176. The molecule has 19 heavy (non-hydrogen) atoms. The van der Waals surface area contributed by atoms with Crippen molar-refractivity contribution < 1.29 is 9.47 Å². The number of halogens is 1. The summed E-state index contributed by atoms with van der Waals surface area (Å²) in [6.45, 7) is 5.10. The molecule has 2 heterocycles. The quantitative estimate of drug-likeness (QED) is 0.800. The van der Waals surface area contributed by atoms with Crippen molar-refractivity contribution in [3.05, 3.63) is 28.8 Å².